The summed E-state index contributed by atoms with van der Waals surface area (Å²) in [6.07, 6.45) is -0.00405. The third-order valence-corrected chi connectivity index (χ3v) is 6.53. The number of fused-ring (bicyclic) bond motifs is 3. The molecule has 146 valence electrons. The van der Waals surface area contributed by atoms with Crippen molar-refractivity contribution >= 4 is 11.4 Å². The Morgan fingerprint density at radius 3 is 1.97 bits per heavy atom. The Bertz CT molecular complexity index is 1170. The SMILES string of the molecule is [2H]C1(C)C2=C(C)N(c3ccccc3C)C(c3c(C)cccc3C)N2c2ccccc21. The number of aryl methyl sites for hydroxylation is 3. The first-order chi connectivity index (χ1) is 14.3. The lowest BCUT2D eigenvalue weighted by atomic mass is 9.97. The van der Waals surface area contributed by atoms with Crippen molar-refractivity contribution in [3.63, 3.8) is 0 Å². The van der Waals surface area contributed by atoms with Crippen molar-refractivity contribution in [3.8, 4) is 0 Å². The summed E-state index contributed by atoms with van der Waals surface area (Å²) in [7, 11) is 0. The van der Waals surface area contributed by atoms with E-state index in [1.807, 2.05) is 6.92 Å². The summed E-state index contributed by atoms with van der Waals surface area (Å²) < 4.78 is 9.37. The standard InChI is InChI=1S/C27H28N2/c1-17-11-6-8-15-23(17)28-21(5)26-20(4)22-14-7-9-16-24(22)29(26)27(28)25-18(2)12-10-13-19(25)3/h6-16,20,27H,1-5H3/i20D. The maximum Gasteiger partial charge on any atom is 0.137 e. The molecule has 2 atom stereocenters. The minimum Gasteiger partial charge on any atom is -0.318 e. The fraction of sp³-hybridized carbons (Fsp3) is 0.259. The zero-order valence-electron chi connectivity index (χ0n) is 18.8. The lowest BCUT2D eigenvalue weighted by Crippen LogP contribution is -2.33. The van der Waals surface area contributed by atoms with E-state index in [9.17, 15) is 1.37 Å². The summed E-state index contributed by atoms with van der Waals surface area (Å²) in [5.41, 5.74) is 10.8. The van der Waals surface area contributed by atoms with Gasteiger partial charge in [-0.25, -0.2) is 0 Å². The first kappa shape index (κ1) is 16.9. The predicted octanol–water partition coefficient (Wildman–Crippen LogP) is 6.99. The van der Waals surface area contributed by atoms with E-state index in [2.05, 4.69) is 104 Å². The van der Waals surface area contributed by atoms with Crippen molar-refractivity contribution in [3.05, 3.63) is 106 Å². The minimum absolute atomic E-state index is 0.00405. The summed E-state index contributed by atoms with van der Waals surface area (Å²) in [4.78, 5) is 4.86. The summed E-state index contributed by atoms with van der Waals surface area (Å²) in [6, 6.07) is 23.5. The molecule has 0 amide bonds. The van der Waals surface area contributed by atoms with Gasteiger partial charge in [-0.2, -0.15) is 0 Å². The van der Waals surface area contributed by atoms with Gasteiger partial charge >= 0.3 is 0 Å². The molecule has 0 aromatic heterocycles. The summed E-state index contributed by atoms with van der Waals surface area (Å²) in [6.45, 7) is 10.8. The van der Waals surface area contributed by atoms with Crippen LogP contribution in [0, 0.1) is 20.8 Å². The zero-order valence-corrected chi connectivity index (χ0v) is 17.8. The van der Waals surface area contributed by atoms with E-state index in [0.29, 0.717) is 0 Å². The number of nitrogens with zero attached hydrogens (tertiary/aromatic N) is 2. The molecule has 0 aliphatic carbocycles. The third kappa shape index (κ3) is 2.48. The first-order valence-corrected chi connectivity index (χ1v) is 10.3. The molecule has 2 heteroatoms. The molecular formula is C27H28N2. The molecule has 2 aliphatic heterocycles. The number of para-hydroxylation sites is 2. The monoisotopic (exact) mass is 381 g/mol. The maximum atomic E-state index is 9.37. The normalized spacial score (nSPS) is 23.3. The fourth-order valence-electron chi connectivity index (χ4n) is 5.18. The number of benzene rings is 3. The van der Waals surface area contributed by atoms with E-state index < -0.39 is 5.89 Å². The largest absolute Gasteiger partial charge is 0.318 e. The Labute approximate surface area is 175 Å². The van der Waals surface area contributed by atoms with E-state index in [4.69, 9.17) is 0 Å². The molecule has 0 bridgehead atoms. The second kappa shape index (κ2) is 6.52. The number of hydrogen-bond acceptors (Lipinski definition) is 2. The van der Waals surface area contributed by atoms with E-state index in [1.54, 1.807) is 0 Å². The van der Waals surface area contributed by atoms with Gasteiger partial charge in [0.15, 0.2) is 0 Å². The number of anilines is 2. The van der Waals surface area contributed by atoms with Crippen molar-refractivity contribution in [2.24, 2.45) is 0 Å². The van der Waals surface area contributed by atoms with Gasteiger partial charge < -0.3 is 9.80 Å². The van der Waals surface area contributed by atoms with Crippen LogP contribution in [-0.4, -0.2) is 0 Å². The van der Waals surface area contributed by atoms with Crippen LogP contribution in [-0.2, 0) is 0 Å². The molecule has 5 rings (SSSR count). The van der Waals surface area contributed by atoms with Gasteiger partial charge in [-0.05, 0) is 62.1 Å². The highest BCUT2D eigenvalue weighted by atomic mass is 15.4. The Morgan fingerprint density at radius 1 is 0.690 bits per heavy atom. The zero-order chi connectivity index (χ0) is 21.2. The topological polar surface area (TPSA) is 6.48 Å². The van der Waals surface area contributed by atoms with Crippen LogP contribution in [0.1, 0.15) is 55.1 Å². The van der Waals surface area contributed by atoms with Crippen molar-refractivity contribution in [2.45, 2.75) is 46.7 Å². The average Bonchev–Trinajstić information content (AvgIpc) is 3.14. The summed E-state index contributed by atoms with van der Waals surface area (Å²) in [5, 5.41) is 0. The molecule has 0 saturated heterocycles. The molecular weight excluding hydrogens is 352 g/mol. The molecule has 2 unspecified atom stereocenters. The van der Waals surface area contributed by atoms with Gasteiger partial charge in [0.1, 0.15) is 6.17 Å². The smallest absolute Gasteiger partial charge is 0.137 e. The van der Waals surface area contributed by atoms with Crippen LogP contribution in [0.3, 0.4) is 0 Å². The van der Waals surface area contributed by atoms with Crippen LogP contribution in [0.15, 0.2) is 78.1 Å². The summed E-state index contributed by atoms with van der Waals surface area (Å²) in [5.74, 6) is -0.785. The van der Waals surface area contributed by atoms with Gasteiger partial charge in [-0.3, -0.25) is 0 Å². The fourth-order valence-corrected chi connectivity index (χ4v) is 5.18. The van der Waals surface area contributed by atoms with Crippen LogP contribution in [0.2, 0.25) is 0 Å². The van der Waals surface area contributed by atoms with Crippen molar-refractivity contribution < 1.29 is 1.37 Å². The first-order valence-electron chi connectivity index (χ1n) is 10.8. The van der Waals surface area contributed by atoms with Gasteiger partial charge in [0.25, 0.3) is 0 Å². The molecule has 0 spiro atoms. The molecule has 3 aromatic carbocycles. The molecule has 0 saturated carbocycles. The average molecular weight is 382 g/mol. The molecule has 2 nitrogen and oxygen atoms in total. The molecule has 2 aliphatic rings. The molecule has 2 heterocycles. The molecule has 3 aromatic rings. The predicted molar refractivity (Wildman–Crippen MR) is 122 cm³/mol. The van der Waals surface area contributed by atoms with Crippen molar-refractivity contribution in [2.75, 3.05) is 9.80 Å². The number of allylic oxidation sites excluding steroid dienone is 2. The number of hydrogen-bond donors (Lipinski definition) is 0. The minimum atomic E-state index is -0.785. The highest BCUT2D eigenvalue weighted by Gasteiger charge is 2.47. The molecule has 0 radical (unpaired) electrons. The number of rotatable bonds is 2. The van der Waals surface area contributed by atoms with E-state index in [0.717, 1.165) is 22.6 Å². The van der Waals surface area contributed by atoms with Crippen LogP contribution in [0.25, 0.3) is 0 Å². The van der Waals surface area contributed by atoms with Crippen LogP contribution in [0.4, 0.5) is 11.4 Å². The van der Waals surface area contributed by atoms with Crippen LogP contribution >= 0.6 is 0 Å². The lowest BCUT2D eigenvalue weighted by Gasteiger charge is -2.36. The van der Waals surface area contributed by atoms with Crippen molar-refractivity contribution in [1.29, 1.82) is 0 Å². The van der Waals surface area contributed by atoms with Crippen LogP contribution in [0.5, 0.6) is 0 Å². The second-order valence-electron chi connectivity index (χ2n) is 8.28. The maximum absolute atomic E-state index is 9.37. The highest BCUT2D eigenvalue weighted by Crippen LogP contribution is 2.56. The Morgan fingerprint density at radius 2 is 1.28 bits per heavy atom. The van der Waals surface area contributed by atoms with Gasteiger partial charge in [-0.15, -0.1) is 0 Å². The van der Waals surface area contributed by atoms with Crippen molar-refractivity contribution in [1.82, 2.24) is 0 Å². The molecule has 0 N–H and O–H groups in total. The third-order valence-electron chi connectivity index (χ3n) is 6.53. The van der Waals surface area contributed by atoms with Gasteiger partial charge in [0, 0.05) is 35.6 Å². The van der Waals surface area contributed by atoms with E-state index >= 15 is 0 Å². The van der Waals surface area contributed by atoms with Gasteiger partial charge in [0.05, 0.1) is 0 Å². The Kier molecular flexibility index (Phi) is 3.80. The second-order valence-corrected chi connectivity index (χ2v) is 8.28. The Balaban J connectivity index is 1.84. The van der Waals surface area contributed by atoms with Crippen LogP contribution < -0.4 is 9.80 Å². The van der Waals surface area contributed by atoms with Gasteiger partial charge in [0.2, 0.25) is 0 Å². The van der Waals surface area contributed by atoms with E-state index in [1.165, 1.54) is 27.9 Å². The van der Waals surface area contributed by atoms with Gasteiger partial charge in [-0.1, -0.05) is 61.5 Å². The molecule has 0 fully saturated rings. The lowest BCUT2D eigenvalue weighted by molar-refractivity contribution is 0.703. The Hall–Kier alpha value is -3.00. The van der Waals surface area contributed by atoms with E-state index in [-0.39, 0.29) is 6.17 Å². The highest BCUT2D eigenvalue weighted by molar-refractivity contribution is 5.78. The molecule has 29 heavy (non-hydrogen) atoms. The summed E-state index contributed by atoms with van der Waals surface area (Å²) >= 11 is 0. The quantitative estimate of drug-likeness (QED) is 0.472.